The lowest BCUT2D eigenvalue weighted by atomic mass is 9.93. The molecule has 5 heteroatoms. The molecule has 0 radical (unpaired) electrons. The number of hydrogen-bond acceptors (Lipinski definition) is 2. The van der Waals surface area contributed by atoms with Gasteiger partial charge in [0.1, 0.15) is 5.82 Å². The monoisotopic (exact) mass is 344 g/mol. The summed E-state index contributed by atoms with van der Waals surface area (Å²) in [5.74, 6) is -0.0763. The Bertz CT molecular complexity index is 659. The van der Waals surface area contributed by atoms with Crippen LogP contribution >= 0.6 is 0 Å². The lowest BCUT2D eigenvalue weighted by Crippen LogP contribution is -2.47. The Balaban J connectivity index is 1.64. The van der Waals surface area contributed by atoms with Crippen LogP contribution in [0.4, 0.5) is 4.39 Å². The quantitative estimate of drug-likeness (QED) is 0.807. The molecule has 0 bridgehead atoms. The predicted molar refractivity (Wildman–Crippen MR) is 94.3 cm³/mol. The van der Waals surface area contributed by atoms with Crippen molar-refractivity contribution in [2.24, 2.45) is 5.92 Å². The van der Waals surface area contributed by atoms with E-state index < -0.39 is 0 Å². The molecule has 1 aromatic carbocycles. The van der Waals surface area contributed by atoms with Gasteiger partial charge in [0.2, 0.25) is 11.8 Å². The first-order chi connectivity index (χ1) is 12.1. The van der Waals surface area contributed by atoms with Crippen LogP contribution in [0.1, 0.15) is 37.7 Å². The Morgan fingerprint density at radius 1 is 1.36 bits per heavy atom. The van der Waals surface area contributed by atoms with E-state index in [1.165, 1.54) is 12.1 Å². The van der Waals surface area contributed by atoms with Gasteiger partial charge in [-0.2, -0.15) is 0 Å². The molecule has 1 aromatic rings. The molecule has 25 heavy (non-hydrogen) atoms. The summed E-state index contributed by atoms with van der Waals surface area (Å²) in [5, 5.41) is 3.02. The fraction of sp³-hybridized carbons (Fsp3) is 0.500. The molecule has 0 saturated carbocycles. The van der Waals surface area contributed by atoms with Gasteiger partial charge >= 0.3 is 0 Å². The van der Waals surface area contributed by atoms with Gasteiger partial charge in [0.05, 0.1) is 6.04 Å². The predicted octanol–water partition coefficient (Wildman–Crippen LogP) is 2.83. The van der Waals surface area contributed by atoms with Gasteiger partial charge in [-0.25, -0.2) is 4.39 Å². The lowest BCUT2D eigenvalue weighted by Gasteiger charge is -2.29. The Hall–Kier alpha value is -2.17. The largest absolute Gasteiger partial charge is 0.354 e. The number of allylic oxidation sites excluding steroid dienone is 2. The molecule has 4 nitrogen and oxygen atoms in total. The van der Waals surface area contributed by atoms with E-state index in [1.807, 2.05) is 11.0 Å². The van der Waals surface area contributed by atoms with Gasteiger partial charge in [-0.15, -0.1) is 0 Å². The number of nitrogens with one attached hydrogen (secondary N) is 1. The summed E-state index contributed by atoms with van der Waals surface area (Å²) < 4.78 is 13.5. The average Bonchev–Trinajstić information content (AvgIpc) is 3.05. The minimum absolute atomic E-state index is 0.0223. The molecular weight excluding hydrogens is 319 g/mol. The zero-order chi connectivity index (χ0) is 17.6. The fourth-order valence-corrected chi connectivity index (χ4v) is 3.68. The van der Waals surface area contributed by atoms with Crippen LogP contribution in [-0.4, -0.2) is 35.8 Å². The number of hydrogen-bond donors (Lipinski definition) is 1. The number of nitrogens with zero attached hydrogens (tertiary/aromatic N) is 1. The van der Waals surface area contributed by atoms with Crippen molar-refractivity contribution >= 4 is 11.8 Å². The maximum Gasteiger partial charge on any atom is 0.223 e. The first-order valence-corrected chi connectivity index (χ1v) is 9.10. The van der Waals surface area contributed by atoms with E-state index in [1.54, 1.807) is 6.07 Å². The molecule has 2 aliphatic rings. The number of likely N-dealkylation sites (tertiary alicyclic amines) is 1. The van der Waals surface area contributed by atoms with E-state index in [0.29, 0.717) is 25.9 Å². The smallest absolute Gasteiger partial charge is 0.223 e. The molecule has 2 atom stereocenters. The van der Waals surface area contributed by atoms with Crippen LogP contribution in [0.25, 0.3) is 0 Å². The van der Waals surface area contributed by atoms with Crippen LogP contribution in [0.5, 0.6) is 0 Å². The van der Waals surface area contributed by atoms with Gasteiger partial charge in [0, 0.05) is 25.4 Å². The molecule has 0 spiro atoms. The molecule has 1 saturated heterocycles. The third-order valence-electron chi connectivity index (χ3n) is 5.06. The van der Waals surface area contributed by atoms with Crippen molar-refractivity contribution in [3.63, 3.8) is 0 Å². The minimum atomic E-state index is -0.276. The zero-order valence-corrected chi connectivity index (χ0v) is 14.4. The first-order valence-electron chi connectivity index (χ1n) is 9.10. The van der Waals surface area contributed by atoms with Crippen molar-refractivity contribution in [3.05, 3.63) is 47.8 Å². The molecule has 0 unspecified atom stereocenters. The highest BCUT2D eigenvalue weighted by Gasteiger charge is 2.29. The van der Waals surface area contributed by atoms with Gasteiger partial charge in [-0.05, 0) is 49.8 Å². The number of rotatable bonds is 6. The lowest BCUT2D eigenvalue weighted by molar-refractivity contribution is -0.131. The number of carbonyl (C=O) groups is 2. The third-order valence-corrected chi connectivity index (χ3v) is 5.06. The highest BCUT2D eigenvalue weighted by Crippen LogP contribution is 2.20. The number of halogens is 1. The van der Waals surface area contributed by atoms with Crippen molar-refractivity contribution in [1.29, 1.82) is 0 Å². The van der Waals surface area contributed by atoms with Crippen molar-refractivity contribution in [2.75, 3.05) is 13.1 Å². The summed E-state index contributed by atoms with van der Waals surface area (Å²) in [6, 6.07) is 6.34. The molecule has 3 rings (SSSR count). The molecule has 0 aromatic heterocycles. The van der Waals surface area contributed by atoms with Crippen LogP contribution in [0, 0.1) is 11.7 Å². The third kappa shape index (κ3) is 4.68. The van der Waals surface area contributed by atoms with Gasteiger partial charge in [-0.3, -0.25) is 9.59 Å². The average molecular weight is 344 g/mol. The summed E-state index contributed by atoms with van der Waals surface area (Å²) in [7, 11) is 0. The molecule has 1 heterocycles. The van der Waals surface area contributed by atoms with Gasteiger partial charge in [0.25, 0.3) is 0 Å². The fourth-order valence-electron chi connectivity index (χ4n) is 3.68. The highest BCUT2D eigenvalue weighted by atomic mass is 19.1. The molecule has 1 aliphatic heterocycles. The van der Waals surface area contributed by atoms with Crippen LogP contribution in [0.2, 0.25) is 0 Å². The van der Waals surface area contributed by atoms with Crippen LogP contribution in [0.3, 0.4) is 0 Å². The topological polar surface area (TPSA) is 49.4 Å². The van der Waals surface area contributed by atoms with E-state index in [0.717, 1.165) is 31.2 Å². The maximum absolute atomic E-state index is 13.5. The molecule has 2 amide bonds. The molecular formula is C20H25FN2O2. The van der Waals surface area contributed by atoms with Crippen molar-refractivity contribution in [3.8, 4) is 0 Å². The summed E-state index contributed by atoms with van der Waals surface area (Å²) >= 11 is 0. The summed E-state index contributed by atoms with van der Waals surface area (Å²) in [6.45, 7) is 1.13. The summed E-state index contributed by atoms with van der Waals surface area (Å²) in [6.07, 6.45) is 8.72. The van der Waals surface area contributed by atoms with E-state index in [-0.39, 0.29) is 29.6 Å². The normalized spacial score (nSPS) is 21.4. The standard InChI is InChI=1S/C20H25FN2O2/c21-17-9-4-6-15(12-17)13-18(23-11-5-10-19(23)24)14-22-20(25)16-7-2-1-3-8-16/h1-2,4,6,9,12,16,18H,3,5,7-8,10-11,13-14H2,(H,22,25)/t16-,18+/m0/s1. The number of benzene rings is 1. The molecule has 134 valence electrons. The van der Waals surface area contributed by atoms with Crippen LogP contribution < -0.4 is 5.32 Å². The number of amides is 2. The van der Waals surface area contributed by atoms with Crippen molar-refractivity contribution < 1.29 is 14.0 Å². The second-order valence-electron chi connectivity index (χ2n) is 6.91. The van der Waals surface area contributed by atoms with E-state index in [4.69, 9.17) is 0 Å². The Kier molecular flexibility index (Phi) is 5.84. The van der Waals surface area contributed by atoms with Crippen molar-refractivity contribution in [1.82, 2.24) is 10.2 Å². The molecule has 1 aliphatic carbocycles. The van der Waals surface area contributed by atoms with Crippen LogP contribution in [0.15, 0.2) is 36.4 Å². The summed E-state index contributed by atoms with van der Waals surface area (Å²) in [4.78, 5) is 26.4. The highest BCUT2D eigenvalue weighted by molar-refractivity contribution is 5.80. The molecule has 1 N–H and O–H groups in total. The van der Waals surface area contributed by atoms with E-state index >= 15 is 0 Å². The van der Waals surface area contributed by atoms with Crippen LogP contribution in [-0.2, 0) is 16.0 Å². The Morgan fingerprint density at radius 3 is 2.92 bits per heavy atom. The number of carbonyl (C=O) groups excluding carboxylic acids is 2. The van der Waals surface area contributed by atoms with Gasteiger partial charge in [0.15, 0.2) is 0 Å². The summed E-state index contributed by atoms with van der Waals surface area (Å²) in [5.41, 5.74) is 0.847. The Labute approximate surface area is 148 Å². The SMILES string of the molecule is O=C(NC[C@@H](Cc1cccc(F)c1)N1CCCC1=O)[C@H]1CC=CCC1. The van der Waals surface area contributed by atoms with Crippen molar-refractivity contribution in [2.45, 2.75) is 44.6 Å². The molecule has 1 fully saturated rings. The zero-order valence-electron chi connectivity index (χ0n) is 14.4. The van der Waals surface area contributed by atoms with Gasteiger partial charge in [-0.1, -0.05) is 24.3 Å². The van der Waals surface area contributed by atoms with Gasteiger partial charge < -0.3 is 10.2 Å². The maximum atomic E-state index is 13.5. The van der Waals surface area contributed by atoms with E-state index in [2.05, 4.69) is 17.5 Å². The Morgan fingerprint density at radius 2 is 2.24 bits per heavy atom. The second-order valence-corrected chi connectivity index (χ2v) is 6.91. The first kappa shape index (κ1) is 17.6. The minimum Gasteiger partial charge on any atom is -0.354 e. The van der Waals surface area contributed by atoms with E-state index in [9.17, 15) is 14.0 Å². The second kappa shape index (κ2) is 8.28.